The molecule has 1 fully saturated rings. The molecule has 0 aromatic heterocycles. The van der Waals surface area contributed by atoms with Crippen molar-refractivity contribution >= 4 is 0 Å². The van der Waals surface area contributed by atoms with Crippen LogP contribution in [0.25, 0.3) is 0 Å². The van der Waals surface area contributed by atoms with Crippen LogP contribution in [0.5, 0.6) is 0 Å². The van der Waals surface area contributed by atoms with Crippen molar-refractivity contribution in [3.8, 4) is 23.7 Å². The molecule has 0 aromatic carbocycles. The third kappa shape index (κ3) is 4.73. The first kappa shape index (κ1) is 15.1. The minimum Gasteiger partial charge on any atom is -1.00 e. The van der Waals surface area contributed by atoms with Crippen molar-refractivity contribution in [1.82, 2.24) is 0 Å². The van der Waals surface area contributed by atoms with Gasteiger partial charge in [0.1, 0.15) is 19.7 Å². The third-order valence-corrected chi connectivity index (χ3v) is 2.75. The van der Waals surface area contributed by atoms with Crippen molar-refractivity contribution in [2.24, 2.45) is 0 Å². The van der Waals surface area contributed by atoms with Gasteiger partial charge in [-0.2, -0.15) is 0 Å². The normalized spacial score (nSPS) is 16.1. The predicted octanol–water partition coefficient (Wildman–Crippen LogP) is -2.21. The smallest absolute Gasteiger partial charge is 0.142 e. The molecular weight excluding hydrogens is 222 g/mol. The molecule has 0 unspecified atom stereocenters. The lowest BCUT2D eigenvalue weighted by Gasteiger charge is -2.29. The quantitative estimate of drug-likeness (QED) is 0.428. The van der Waals surface area contributed by atoms with E-state index < -0.39 is 0 Å². The second kappa shape index (κ2) is 8.25. The van der Waals surface area contributed by atoms with E-state index in [-0.39, 0.29) is 19.0 Å². The number of rotatable bonds is 2. The summed E-state index contributed by atoms with van der Waals surface area (Å²) in [5.74, 6) is 11.7. The van der Waals surface area contributed by atoms with Crippen molar-refractivity contribution < 1.29 is 22.0 Å². The molecule has 1 N–H and O–H groups in total. The average Bonchev–Trinajstić information content (AvgIpc) is 2.68. The van der Waals surface area contributed by atoms with E-state index in [1.165, 1.54) is 12.8 Å². The first-order valence-corrected chi connectivity index (χ1v) is 5.34. The van der Waals surface area contributed by atoms with Crippen LogP contribution in [0.4, 0.5) is 0 Å². The fourth-order valence-corrected chi connectivity index (χ4v) is 1.94. The Morgan fingerprint density at radius 1 is 1.12 bits per heavy atom. The van der Waals surface area contributed by atoms with E-state index in [2.05, 4.69) is 30.3 Å². The number of likely N-dealkylation sites (tertiary alicyclic amines) is 1. The Labute approximate surface area is 104 Å². The fourth-order valence-electron chi connectivity index (χ4n) is 1.94. The molecule has 0 radical (unpaired) electrons. The van der Waals surface area contributed by atoms with Crippen LogP contribution < -0.4 is 12.4 Å². The molecule has 1 rings (SSSR count). The molecule has 2 nitrogen and oxygen atoms in total. The summed E-state index contributed by atoms with van der Waals surface area (Å²) < 4.78 is 0.966. The summed E-state index contributed by atoms with van der Waals surface area (Å²) in [5.41, 5.74) is 0. The van der Waals surface area contributed by atoms with E-state index >= 15 is 0 Å². The van der Waals surface area contributed by atoms with Gasteiger partial charge in [0.15, 0.2) is 0 Å². The van der Waals surface area contributed by atoms with Crippen molar-refractivity contribution in [1.29, 1.82) is 0 Å². The van der Waals surface area contributed by atoms with Gasteiger partial charge in [0.2, 0.25) is 0 Å². The molecule has 1 heterocycles. The van der Waals surface area contributed by atoms with Gasteiger partial charge in [-0.25, -0.2) is 0 Å². The zero-order chi connectivity index (χ0) is 11.0. The molecule has 0 saturated carbocycles. The lowest BCUT2D eigenvalue weighted by atomic mass is 10.3. The van der Waals surface area contributed by atoms with Crippen LogP contribution in [0.1, 0.15) is 12.8 Å². The Balaban J connectivity index is 0.00000225. The molecule has 0 spiro atoms. The van der Waals surface area contributed by atoms with Gasteiger partial charge < -0.3 is 22.0 Å². The highest BCUT2D eigenvalue weighted by Gasteiger charge is 2.29. The Morgan fingerprint density at radius 2 is 1.75 bits per heavy atom. The predicted molar refractivity (Wildman–Crippen MR) is 61.8 cm³/mol. The van der Waals surface area contributed by atoms with Crippen LogP contribution in [-0.4, -0.2) is 42.4 Å². The molecule has 1 aliphatic heterocycles. The van der Waals surface area contributed by atoms with Crippen LogP contribution in [0.2, 0.25) is 0 Å². The molecule has 0 bridgehead atoms. The van der Waals surface area contributed by atoms with Gasteiger partial charge in [-0.05, 0) is 17.9 Å². The van der Waals surface area contributed by atoms with E-state index in [1.54, 1.807) is 6.08 Å². The van der Waals surface area contributed by atoms with E-state index in [0.717, 1.165) is 30.7 Å². The van der Waals surface area contributed by atoms with Crippen LogP contribution in [0.15, 0.2) is 12.7 Å². The molecule has 3 heteroatoms. The summed E-state index contributed by atoms with van der Waals surface area (Å²) in [5, 5.41) is 8.62. The molecule has 1 saturated heterocycles. The number of allylic oxidation sites excluding steroid dienone is 1. The van der Waals surface area contributed by atoms with Gasteiger partial charge in [-0.15, -0.1) is 0 Å². The third-order valence-electron chi connectivity index (χ3n) is 2.75. The second-order valence-corrected chi connectivity index (χ2v) is 3.85. The van der Waals surface area contributed by atoms with E-state index in [0.29, 0.717) is 0 Å². The highest BCUT2D eigenvalue weighted by atomic mass is 35.5. The van der Waals surface area contributed by atoms with E-state index in [4.69, 9.17) is 5.11 Å². The number of halogens is 1. The largest absolute Gasteiger partial charge is 1.00 e. The topological polar surface area (TPSA) is 20.2 Å². The number of quaternary nitrogens is 1. The van der Waals surface area contributed by atoms with E-state index in [1.807, 2.05) is 0 Å². The van der Waals surface area contributed by atoms with Crippen molar-refractivity contribution in [3.63, 3.8) is 0 Å². The van der Waals surface area contributed by atoms with Crippen molar-refractivity contribution in [2.75, 3.05) is 32.8 Å². The first-order valence-electron chi connectivity index (χ1n) is 5.34. The fraction of sp³-hybridized carbons (Fsp3) is 0.538. The molecule has 0 aromatic rings. The molecule has 0 amide bonds. The Hall–Kier alpha value is -0.930. The van der Waals surface area contributed by atoms with Gasteiger partial charge in [0.25, 0.3) is 0 Å². The SMILES string of the molecule is C=CC#CC[N+]1(CC#CCO)CCCC1.[Cl-]. The number of aliphatic hydroxyl groups is 1. The molecule has 1 aliphatic rings. The summed E-state index contributed by atoms with van der Waals surface area (Å²) in [6, 6.07) is 0. The Morgan fingerprint density at radius 3 is 2.31 bits per heavy atom. The van der Waals surface area contributed by atoms with Gasteiger partial charge in [0, 0.05) is 12.8 Å². The zero-order valence-electron chi connectivity index (χ0n) is 9.51. The zero-order valence-corrected chi connectivity index (χ0v) is 10.3. The van der Waals surface area contributed by atoms with Crippen LogP contribution in [0.3, 0.4) is 0 Å². The van der Waals surface area contributed by atoms with E-state index in [9.17, 15) is 0 Å². The maximum atomic E-state index is 8.62. The Kier molecular flexibility index (Phi) is 7.77. The standard InChI is InChI=1S/C13H18NO.ClH/c1-2-3-4-9-14(10-5-6-11-14)12-7-8-13-15;/h2,15H,1,5-6,9-13H2;1H/q+1;/p-1. The molecular formula is C13H18ClNO. The van der Waals surface area contributed by atoms with Gasteiger partial charge >= 0.3 is 0 Å². The second-order valence-electron chi connectivity index (χ2n) is 3.85. The summed E-state index contributed by atoms with van der Waals surface area (Å²) in [4.78, 5) is 0. The van der Waals surface area contributed by atoms with Crippen LogP contribution in [0, 0.1) is 23.7 Å². The lowest BCUT2D eigenvalue weighted by molar-refractivity contribution is -0.903. The van der Waals surface area contributed by atoms with Gasteiger partial charge in [0.05, 0.1) is 13.1 Å². The maximum Gasteiger partial charge on any atom is 0.142 e. The van der Waals surface area contributed by atoms with Crippen molar-refractivity contribution in [2.45, 2.75) is 12.8 Å². The highest BCUT2D eigenvalue weighted by Crippen LogP contribution is 2.17. The maximum absolute atomic E-state index is 8.62. The average molecular weight is 240 g/mol. The molecule has 16 heavy (non-hydrogen) atoms. The minimum absolute atomic E-state index is 0. The van der Waals surface area contributed by atoms with Gasteiger partial charge in [-0.3, -0.25) is 0 Å². The monoisotopic (exact) mass is 239 g/mol. The highest BCUT2D eigenvalue weighted by molar-refractivity contribution is 5.12. The summed E-state index contributed by atoms with van der Waals surface area (Å²) >= 11 is 0. The summed E-state index contributed by atoms with van der Waals surface area (Å²) in [6.45, 7) is 7.52. The lowest BCUT2D eigenvalue weighted by Crippen LogP contribution is -3.00. The van der Waals surface area contributed by atoms with Crippen LogP contribution in [-0.2, 0) is 0 Å². The molecule has 0 aliphatic carbocycles. The minimum atomic E-state index is -0.0433. The number of aliphatic hydroxyl groups excluding tert-OH is 1. The summed E-state index contributed by atoms with van der Waals surface area (Å²) in [6.07, 6.45) is 4.15. The van der Waals surface area contributed by atoms with Crippen LogP contribution >= 0.6 is 0 Å². The number of hydrogen-bond donors (Lipinski definition) is 1. The molecule has 0 atom stereocenters. The Bertz CT molecular complexity index is 323. The summed E-state index contributed by atoms with van der Waals surface area (Å²) in [7, 11) is 0. The first-order chi connectivity index (χ1) is 7.33. The van der Waals surface area contributed by atoms with Crippen molar-refractivity contribution in [3.05, 3.63) is 12.7 Å². The number of nitrogens with zero attached hydrogens (tertiary/aromatic N) is 1. The number of hydrogen-bond acceptors (Lipinski definition) is 1. The molecule has 88 valence electrons. The van der Waals surface area contributed by atoms with Gasteiger partial charge in [-0.1, -0.05) is 18.4 Å².